The summed E-state index contributed by atoms with van der Waals surface area (Å²) in [6, 6.07) is 3.59. The maximum absolute atomic E-state index is 12.3. The molecule has 126 valence electrons. The molecule has 0 radical (unpaired) electrons. The maximum Gasteiger partial charge on any atom is 0.253 e. The van der Waals surface area contributed by atoms with Crippen LogP contribution >= 0.6 is 12.4 Å². The summed E-state index contributed by atoms with van der Waals surface area (Å²) in [6.45, 7) is 2.90. The summed E-state index contributed by atoms with van der Waals surface area (Å²) in [5, 5.41) is 4.41. The highest BCUT2D eigenvalue weighted by molar-refractivity contribution is 6.08. The first-order chi connectivity index (χ1) is 10.7. The van der Waals surface area contributed by atoms with Crippen molar-refractivity contribution in [2.75, 3.05) is 20.8 Å². The van der Waals surface area contributed by atoms with Gasteiger partial charge in [0.25, 0.3) is 5.91 Å². The van der Waals surface area contributed by atoms with E-state index in [4.69, 9.17) is 15.2 Å². The number of ether oxygens (including phenoxy) is 2. The van der Waals surface area contributed by atoms with Crippen LogP contribution in [0.3, 0.4) is 0 Å². The van der Waals surface area contributed by atoms with Crippen molar-refractivity contribution in [3.63, 3.8) is 0 Å². The molecule has 23 heavy (non-hydrogen) atoms. The number of benzene rings is 1. The van der Waals surface area contributed by atoms with Gasteiger partial charge >= 0.3 is 0 Å². The van der Waals surface area contributed by atoms with Gasteiger partial charge in [-0.25, -0.2) is 0 Å². The minimum atomic E-state index is -0.157. The van der Waals surface area contributed by atoms with E-state index in [0.717, 1.165) is 17.2 Å². The number of carbonyl (C=O) groups is 1. The van der Waals surface area contributed by atoms with Gasteiger partial charge in [-0.1, -0.05) is 6.92 Å². The minimum Gasteiger partial charge on any atom is -0.493 e. The monoisotopic (exact) mass is 339 g/mol. The molecule has 1 aromatic heterocycles. The van der Waals surface area contributed by atoms with E-state index < -0.39 is 0 Å². The Balaban J connectivity index is 0.00000264. The molecule has 1 amide bonds. The van der Waals surface area contributed by atoms with E-state index in [0.29, 0.717) is 29.3 Å². The average Bonchev–Trinajstić information content (AvgIpc) is 2.57. The first-order valence-electron chi connectivity index (χ1n) is 7.18. The van der Waals surface area contributed by atoms with Gasteiger partial charge in [-0.05, 0) is 18.6 Å². The number of nitrogens with two attached hydrogens (primary N) is 1. The number of halogens is 1. The normalized spacial score (nSPS) is 10.1. The zero-order valence-corrected chi connectivity index (χ0v) is 14.3. The average molecular weight is 340 g/mol. The first-order valence-corrected chi connectivity index (χ1v) is 7.18. The van der Waals surface area contributed by atoms with E-state index in [2.05, 4.69) is 10.3 Å². The molecule has 1 heterocycles. The van der Waals surface area contributed by atoms with Gasteiger partial charge in [-0.15, -0.1) is 12.4 Å². The summed E-state index contributed by atoms with van der Waals surface area (Å²) in [7, 11) is 3.13. The van der Waals surface area contributed by atoms with Gasteiger partial charge in [-0.3, -0.25) is 9.78 Å². The number of rotatable bonds is 6. The number of nitrogens with zero attached hydrogens (tertiary/aromatic N) is 1. The zero-order valence-electron chi connectivity index (χ0n) is 13.5. The van der Waals surface area contributed by atoms with Crippen LogP contribution in [-0.2, 0) is 6.54 Å². The fraction of sp³-hybridized carbons (Fsp3) is 0.375. The number of methoxy groups -OCH3 is 2. The number of hydrogen-bond acceptors (Lipinski definition) is 5. The van der Waals surface area contributed by atoms with Crippen molar-refractivity contribution in [3.8, 4) is 11.5 Å². The van der Waals surface area contributed by atoms with Crippen molar-refractivity contribution in [1.29, 1.82) is 0 Å². The Morgan fingerprint density at radius 1 is 1.22 bits per heavy atom. The van der Waals surface area contributed by atoms with Crippen molar-refractivity contribution in [1.82, 2.24) is 10.3 Å². The fourth-order valence-corrected chi connectivity index (χ4v) is 2.30. The lowest BCUT2D eigenvalue weighted by molar-refractivity contribution is 0.0955. The summed E-state index contributed by atoms with van der Waals surface area (Å²) in [6.07, 6.45) is 2.43. The Hall–Kier alpha value is -2.05. The van der Waals surface area contributed by atoms with E-state index >= 15 is 0 Å². The second-order valence-corrected chi connectivity index (χ2v) is 4.83. The summed E-state index contributed by atoms with van der Waals surface area (Å²) in [4.78, 5) is 16.6. The Kier molecular flexibility index (Phi) is 7.06. The molecule has 7 heteroatoms. The second kappa shape index (κ2) is 8.55. The third-order valence-electron chi connectivity index (χ3n) is 3.45. The molecular formula is C16H22ClN3O3. The molecule has 0 saturated carbocycles. The van der Waals surface area contributed by atoms with Crippen LogP contribution in [0.4, 0.5) is 0 Å². The highest BCUT2D eigenvalue weighted by atomic mass is 35.5. The molecular weight excluding hydrogens is 318 g/mol. The van der Waals surface area contributed by atoms with Crippen LogP contribution in [0, 0.1) is 0 Å². The molecule has 2 rings (SSSR count). The van der Waals surface area contributed by atoms with E-state index in [9.17, 15) is 4.79 Å². The predicted octanol–water partition coefficient (Wildman–Crippen LogP) is 2.27. The lowest BCUT2D eigenvalue weighted by Gasteiger charge is -2.14. The van der Waals surface area contributed by atoms with Crippen LogP contribution in [0.2, 0.25) is 0 Å². The Bertz CT molecular complexity index is 692. The smallest absolute Gasteiger partial charge is 0.253 e. The topological polar surface area (TPSA) is 86.5 Å². The van der Waals surface area contributed by atoms with Crippen LogP contribution < -0.4 is 20.5 Å². The molecule has 0 bridgehead atoms. The number of fused-ring (bicyclic) bond motifs is 1. The van der Waals surface area contributed by atoms with Crippen molar-refractivity contribution in [3.05, 3.63) is 29.6 Å². The Morgan fingerprint density at radius 3 is 2.35 bits per heavy atom. The number of pyridine rings is 1. The standard InChI is InChI=1S/C16H21N3O3.ClH/c1-4-5-18-16(20)12-9-19-13(8-17)11-7-15(22-3)14(21-2)6-10(11)12;/h6-7,9H,4-5,8,17H2,1-3H3,(H,18,20);1H. The van der Waals surface area contributed by atoms with Gasteiger partial charge in [0.1, 0.15) is 0 Å². The predicted molar refractivity (Wildman–Crippen MR) is 92.6 cm³/mol. The Morgan fingerprint density at radius 2 is 1.83 bits per heavy atom. The number of carbonyl (C=O) groups excluding carboxylic acids is 1. The molecule has 0 atom stereocenters. The van der Waals surface area contributed by atoms with Crippen LogP contribution in [0.25, 0.3) is 10.8 Å². The lowest BCUT2D eigenvalue weighted by atomic mass is 10.0. The van der Waals surface area contributed by atoms with Crippen LogP contribution in [-0.4, -0.2) is 31.7 Å². The number of aromatic nitrogens is 1. The molecule has 3 N–H and O–H groups in total. The minimum absolute atomic E-state index is 0. The number of amides is 1. The summed E-state index contributed by atoms with van der Waals surface area (Å²) < 4.78 is 10.6. The van der Waals surface area contributed by atoms with Gasteiger partial charge in [0.05, 0.1) is 25.5 Å². The molecule has 0 spiro atoms. The van der Waals surface area contributed by atoms with Gasteiger partial charge in [0.15, 0.2) is 11.5 Å². The van der Waals surface area contributed by atoms with Gasteiger partial charge in [0.2, 0.25) is 0 Å². The molecule has 0 unspecified atom stereocenters. The zero-order chi connectivity index (χ0) is 16.1. The van der Waals surface area contributed by atoms with Gasteiger partial charge in [0, 0.05) is 30.1 Å². The van der Waals surface area contributed by atoms with Crippen molar-refractivity contribution >= 4 is 29.1 Å². The van der Waals surface area contributed by atoms with Gasteiger partial charge < -0.3 is 20.5 Å². The van der Waals surface area contributed by atoms with Gasteiger partial charge in [-0.2, -0.15) is 0 Å². The molecule has 0 saturated heterocycles. The van der Waals surface area contributed by atoms with E-state index in [-0.39, 0.29) is 24.9 Å². The fourth-order valence-electron chi connectivity index (χ4n) is 2.30. The summed E-state index contributed by atoms with van der Waals surface area (Å²) in [5.74, 6) is 0.987. The van der Waals surface area contributed by atoms with Crippen molar-refractivity contribution in [2.24, 2.45) is 5.73 Å². The Labute approximate surface area is 141 Å². The molecule has 0 aliphatic rings. The quantitative estimate of drug-likeness (QED) is 0.843. The van der Waals surface area contributed by atoms with E-state index in [1.807, 2.05) is 6.92 Å². The summed E-state index contributed by atoms with van der Waals surface area (Å²) in [5.41, 5.74) is 6.96. The molecule has 2 aromatic rings. The highest BCUT2D eigenvalue weighted by Gasteiger charge is 2.16. The molecule has 0 fully saturated rings. The largest absolute Gasteiger partial charge is 0.493 e. The highest BCUT2D eigenvalue weighted by Crippen LogP contribution is 2.34. The molecule has 0 aliphatic heterocycles. The number of hydrogen-bond donors (Lipinski definition) is 2. The van der Waals surface area contributed by atoms with Crippen molar-refractivity contribution < 1.29 is 14.3 Å². The molecule has 1 aromatic carbocycles. The van der Waals surface area contributed by atoms with Crippen LogP contribution in [0.15, 0.2) is 18.3 Å². The number of nitrogens with one attached hydrogen (secondary N) is 1. The SMILES string of the molecule is CCCNC(=O)c1cnc(CN)c2cc(OC)c(OC)cc12.Cl. The third-order valence-corrected chi connectivity index (χ3v) is 3.45. The lowest BCUT2D eigenvalue weighted by Crippen LogP contribution is -2.24. The van der Waals surface area contributed by atoms with Crippen LogP contribution in [0.1, 0.15) is 29.4 Å². The van der Waals surface area contributed by atoms with E-state index in [1.54, 1.807) is 32.5 Å². The summed E-state index contributed by atoms with van der Waals surface area (Å²) >= 11 is 0. The first kappa shape index (κ1) is 19.0. The third kappa shape index (κ3) is 3.83. The maximum atomic E-state index is 12.3. The second-order valence-electron chi connectivity index (χ2n) is 4.83. The molecule has 6 nitrogen and oxygen atoms in total. The molecule has 0 aliphatic carbocycles. The van der Waals surface area contributed by atoms with E-state index in [1.165, 1.54) is 0 Å². The van der Waals surface area contributed by atoms with Crippen LogP contribution in [0.5, 0.6) is 11.5 Å². The van der Waals surface area contributed by atoms with Crippen molar-refractivity contribution in [2.45, 2.75) is 19.9 Å².